The molecular formula is C18H19N5O2S. The second-order valence-electron chi connectivity index (χ2n) is 6.03. The van der Waals surface area contributed by atoms with Gasteiger partial charge in [0.15, 0.2) is 0 Å². The number of hydrogen-bond donors (Lipinski definition) is 0. The van der Waals surface area contributed by atoms with Crippen LogP contribution in [0.4, 0.5) is 5.82 Å². The molecule has 4 rings (SSSR count). The van der Waals surface area contributed by atoms with Crippen LogP contribution in [-0.2, 0) is 10.0 Å². The molecule has 0 unspecified atom stereocenters. The number of hydrogen-bond acceptors (Lipinski definition) is 5. The van der Waals surface area contributed by atoms with Gasteiger partial charge in [-0.1, -0.05) is 18.2 Å². The van der Waals surface area contributed by atoms with Gasteiger partial charge in [-0.2, -0.15) is 4.31 Å². The van der Waals surface area contributed by atoms with E-state index in [1.54, 1.807) is 24.3 Å². The van der Waals surface area contributed by atoms with E-state index in [1.165, 1.54) is 10.6 Å². The summed E-state index contributed by atoms with van der Waals surface area (Å²) in [6.45, 7) is 2.04. The van der Waals surface area contributed by atoms with E-state index < -0.39 is 10.0 Å². The summed E-state index contributed by atoms with van der Waals surface area (Å²) in [5.74, 6) is 1.60. The lowest BCUT2D eigenvalue weighted by Gasteiger charge is -2.34. The normalized spacial score (nSPS) is 15.9. The van der Waals surface area contributed by atoms with Crippen molar-refractivity contribution in [3.8, 4) is 5.82 Å². The van der Waals surface area contributed by atoms with Gasteiger partial charge in [0.2, 0.25) is 10.0 Å². The van der Waals surface area contributed by atoms with Crippen LogP contribution in [0.3, 0.4) is 0 Å². The summed E-state index contributed by atoms with van der Waals surface area (Å²) in [4.78, 5) is 11.1. The Morgan fingerprint density at radius 2 is 1.46 bits per heavy atom. The Balaban J connectivity index is 1.48. The molecule has 0 N–H and O–H groups in total. The maximum atomic E-state index is 12.7. The molecule has 7 nitrogen and oxygen atoms in total. The van der Waals surface area contributed by atoms with Crippen molar-refractivity contribution in [3.63, 3.8) is 0 Å². The van der Waals surface area contributed by atoms with E-state index in [1.807, 2.05) is 41.2 Å². The fraction of sp³-hybridized carbons (Fsp3) is 0.222. The molecule has 0 saturated carbocycles. The Morgan fingerprint density at radius 3 is 2.15 bits per heavy atom. The molecule has 3 aromatic rings. The van der Waals surface area contributed by atoms with Gasteiger partial charge in [-0.25, -0.2) is 18.4 Å². The van der Waals surface area contributed by atoms with E-state index in [9.17, 15) is 8.42 Å². The molecular weight excluding hydrogens is 350 g/mol. The molecule has 8 heteroatoms. The topological polar surface area (TPSA) is 71.3 Å². The van der Waals surface area contributed by atoms with E-state index in [-0.39, 0.29) is 0 Å². The summed E-state index contributed by atoms with van der Waals surface area (Å²) in [5, 5.41) is 0. The molecule has 1 aliphatic rings. The largest absolute Gasteiger partial charge is 0.354 e. The quantitative estimate of drug-likeness (QED) is 0.701. The van der Waals surface area contributed by atoms with E-state index >= 15 is 0 Å². The number of rotatable bonds is 4. The van der Waals surface area contributed by atoms with Crippen molar-refractivity contribution in [2.24, 2.45) is 0 Å². The van der Waals surface area contributed by atoms with Crippen LogP contribution in [-0.4, -0.2) is 53.4 Å². The number of nitrogens with zero attached hydrogens (tertiary/aromatic N) is 5. The van der Waals surface area contributed by atoms with Gasteiger partial charge in [0.05, 0.1) is 4.90 Å². The second kappa shape index (κ2) is 6.89. The van der Waals surface area contributed by atoms with Crippen LogP contribution >= 0.6 is 0 Å². The maximum absolute atomic E-state index is 12.7. The Labute approximate surface area is 152 Å². The minimum Gasteiger partial charge on any atom is -0.354 e. The molecule has 0 radical (unpaired) electrons. The first-order chi connectivity index (χ1) is 12.6. The highest BCUT2D eigenvalue weighted by Gasteiger charge is 2.28. The van der Waals surface area contributed by atoms with Gasteiger partial charge in [-0.3, -0.25) is 0 Å². The highest BCUT2D eigenvalue weighted by molar-refractivity contribution is 7.89. The van der Waals surface area contributed by atoms with Crippen molar-refractivity contribution in [3.05, 3.63) is 67.3 Å². The molecule has 1 aliphatic heterocycles. The third-order valence-electron chi connectivity index (χ3n) is 4.45. The number of piperazine rings is 1. The summed E-state index contributed by atoms with van der Waals surface area (Å²) in [7, 11) is -3.44. The molecule has 0 bridgehead atoms. The van der Waals surface area contributed by atoms with E-state index in [4.69, 9.17) is 0 Å². The highest BCUT2D eigenvalue weighted by atomic mass is 32.2. The maximum Gasteiger partial charge on any atom is 0.243 e. The second-order valence-corrected chi connectivity index (χ2v) is 7.97. The molecule has 1 fully saturated rings. The highest BCUT2D eigenvalue weighted by Crippen LogP contribution is 2.20. The number of sulfonamides is 1. The lowest BCUT2D eigenvalue weighted by atomic mass is 10.3. The van der Waals surface area contributed by atoms with Crippen LogP contribution in [0.15, 0.2) is 72.1 Å². The van der Waals surface area contributed by atoms with Crippen LogP contribution < -0.4 is 4.90 Å². The van der Waals surface area contributed by atoms with Crippen molar-refractivity contribution < 1.29 is 8.42 Å². The summed E-state index contributed by atoms with van der Waals surface area (Å²) >= 11 is 0. The summed E-state index contributed by atoms with van der Waals surface area (Å²) in [6, 6.07) is 14.4. The van der Waals surface area contributed by atoms with Crippen molar-refractivity contribution >= 4 is 15.8 Å². The Hall–Kier alpha value is -2.71. The first kappa shape index (κ1) is 16.7. The molecule has 3 heterocycles. The molecule has 1 aromatic carbocycles. The van der Waals surface area contributed by atoms with Gasteiger partial charge in [-0.05, 0) is 24.3 Å². The standard InChI is InChI=1S/C18H19N5O2S/c24-26(25,16-6-2-1-3-7-16)23-12-10-22(11-13-23)18-14-17(19-15-20-18)21-8-4-5-9-21/h1-9,14-15H,10-13H2. The van der Waals surface area contributed by atoms with E-state index in [2.05, 4.69) is 14.9 Å². The molecule has 26 heavy (non-hydrogen) atoms. The lowest BCUT2D eigenvalue weighted by molar-refractivity contribution is 0.383. The minimum atomic E-state index is -3.44. The Kier molecular flexibility index (Phi) is 4.44. The van der Waals surface area contributed by atoms with Gasteiger partial charge in [0.25, 0.3) is 0 Å². The van der Waals surface area contributed by atoms with Gasteiger partial charge >= 0.3 is 0 Å². The van der Waals surface area contributed by atoms with Gasteiger partial charge in [0.1, 0.15) is 18.0 Å². The van der Waals surface area contributed by atoms with Crippen LogP contribution in [0.5, 0.6) is 0 Å². The van der Waals surface area contributed by atoms with E-state index in [0.29, 0.717) is 31.1 Å². The van der Waals surface area contributed by atoms with Crippen LogP contribution in [0.25, 0.3) is 5.82 Å². The predicted octanol–water partition coefficient (Wildman–Crippen LogP) is 1.78. The first-order valence-electron chi connectivity index (χ1n) is 8.40. The summed E-state index contributed by atoms with van der Waals surface area (Å²) < 4.78 is 28.9. The molecule has 1 saturated heterocycles. The summed E-state index contributed by atoms with van der Waals surface area (Å²) in [5.41, 5.74) is 0. The molecule has 134 valence electrons. The van der Waals surface area contributed by atoms with Crippen molar-refractivity contribution in [1.29, 1.82) is 0 Å². The van der Waals surface area contributed by atoms with Crippen molar-refractivity contribution in [2.75, 3.05) is 31.1 Å². The zero-order valence-electron chi connectivity index (χ0n) is 14.1. The Morgan fingerprint density at radius 1 is 0.808 bits per heavy atom. The van der Waals surface area contributed by atoms with E-state index in [0.717, 1.165) is 11.6 Å². The van der Waals surface area contributed by atoms with Gasteiger partial charge in [-0.15, -0.1) is 0 Å². The predicted molar refractivity (Wildman–Crippen MR) is 98.8 cm³/mol. The molecule has 0 atom stereocenters. The fourth-order valence-electron chi connectivity index (χ4n) is 3.04. The molecule has 0 spiro atoms. The number of benzene rings is 1. The van der Waals surface area contributed by atoms with Gasteiger partial charge in [0, 0.05) is 44.6 Å². The first-order valence-corrected chi connectivity index (χ1v) is 9.84. The monoisotopic (exact) mass is 369 g/mol. The minimum absolute atomic E-state index is 0.338. The molecule has 2 aromatic heterocycles. The third kappa shape index (κ3) is 3.21. The SMILES string of the molecule is O=S(=O)(c1ccccc1)N1CCN(c2cc(-n3cccc3)ncn2)CC1. The van der Waals surface area contributed by atoms with Crippen LogP contribution in [0.2, 0.25) is 0 Å². The van der Waals surface area contributed by atoms with Crippen molar-refractivity contribution in [1.82, 2.24) is 18.8 Å². The Bertz CT molecular complexity index is 966. The average Bonchev–Trinajstić information content (AvgIpc) is 3.24. The van der Waals surface area contributed by atoms with Crippen molar-refractivity contribution in [2.45, 2.75) is 4.90 Å². The van der Waals surface area contributed by atoms with Crippen LogP contribution in [0, 0.1) is 0 Å². The number of anilines is 1. The fourth-order valence-corrected chi connectivity index (χ4v) is 4.48. The molecule has 0 amide bonds. The zero-order valence-corrected chi connectivity index (χ0v) is 15.0. The summed E-state index contributed by atoms with van der Waals surface area (Å²) in [6.07, 6.45) is 5.39. The third-order valence-corrected chi connectivity index (χ3v) is 6.36. The van der Waals surface area contributed by atoms with Gasteiger partial charge < -0.3 is 9.47 Å². The number of aromatic nitrogens is 3. The zero-order chi connectivity index (χ0) is 18.0. The smallest absolute Gasteiger partial charge is 0.243 e. The molecule has 0 aliphatic carbocycles. The lowest BCUT2D eigenvalue weighted by Crippen LogP contribution is -2.48. The average molecular weight is 369 g/mol. The van der Waals surface area contributed by atoms with Crippen LogP contribution in [0.1, 0.15) is 0 Å².